The molecule has 0 aliphatic carbocycles. The first kappa shape index (κ1) is 20.7. The lowest BCUT2D eigenvalue weighted by atomic mass is 10.1. The highest BCUT2D eigenvalue weighted by Gasteiger charge is 2.23. The molecule has 2 N–H and O–H groups in total. The van der Waals surface area contributed by atoms with E-state index in [0.717, 1.165) is 12.1 Å². The summed E-state index contributed by atoms with van der Waals surface area (Å²) in [7, 11) is -3.92. The molecular formula is C20H22N2O6S. The molecule has 0 bridgehead atoms. The van der Waals surface area contributed by atoms with Gasteiger partial charge in [-0.15, -0.1) is 0 Å². The number of carbonyl (C=O) groups excluding carboxylic acids is 1. The van der Waals surface area contributed by atoms with Crippen molar-refractivity contribution in [1.82, 2.24) is 0 Å². The van der Waals surface area contributed by atoms with Crippen LogP contribution in [0.1, 0.15) is 24.0 Å². The van der Waals surface area contributed by atoms with Crippen LogP contribution in [0.25, 0.3) is 0 Å². The minimum absolute atomic E-state index is 0.00212. The second-order valence-corrected chi connectivity index (χ2v) is 8.47. The quantitative estimate of drug-likeness (QED) is 0.715. The second kappa shape index (κ2) is 8.12. The normalized spacial score (nSPS) is 14.1. The number of anilines is 2. The van der Waals surface area contributed by atoms with E-state index >= 15 is 0 Å². The standard InChI is InChI=1S/C20H22N2O6S/c1-13-5-10-17(14(2)20(13)28-12-19(24)25)29(26,27)21-15-6-8-16(9-7-15)22-11-3-4-18(22)23/h5-10,21H,3-4,11-12H2,1-2H3,(H,24,25). The molecular weight excluding hydrogens is 396 g/mol. The maximum absolute atomic E-state index is 12.9. The average molecular weight is 418 g/mol. The maximum atomic E-state index is 12.9. The Labute approximate surface area is 169 Å². The molecule has 29 heavy (non-hydrogen) atoms. The number of carboxylic acids is 1. The first-order chi connectivity index (χ1) is 13.7. The molecule has 2 aromatic carbocycles. The van der Waals surface area contributed by atoms with Gasteiger partial charge in [-0.1, -0.05) is 6.07 Å². The van der Waals surface area contributed by atoms with Crippen molar-refractivity contribution in [2.45, 2.75) is 31.6 Å². The topological polar surface area (TPSA) is 113 Å². The minimum Gasteiger partial charge on any atom is -0.481 e. The third-order valence-electron chi connectivity index (χ3n) is 4.69. The molecule has 9 heteroatoms. The molecule has 2 aromatic rings. The fraction of sp³-hybridized carbons (Fsp3) is 0.300. The molecule has 0 unspecified atom stereocenters. The van der Waals surface area contributed by atoms with Crippen LogP contribution >= 0.6 is 0 Å². The predicted octanol–water partition coefficient (Wildman–Crippen LogP) is 2.69. The smallest absolute Gasteiger partial charge is 0.341 e. The maximum Gasteiger partial charge on any atom is 0.341 e. The Morgan fingerprint density at radius 2 is 1.86 bits per heavy atom. The number of amides is 1. The first-order valence-corrected chi connectivity index (χ1v) is 10.6. The van der Waals surface area contributed by atoms with Crippen LogP contribution in [0.5, 0.6) is 5.75 Å². The van der Waals surface area contributed by atoms with E-state index in [1.54, 1.807) is 49.1 Å². The average Bonchev–Trinajstić information content (AvgIpc) is 3.07. The molecule has 1 fully saturated rings. The van der Waals surface area contributed by atoms with Gasteiger partial charge in [0.05, 0.1) is 4.90 Å². The van der Waals surface area contributed by atoms with Crippen LogP contribution in [-0.4, -0.2) is 38.6 Å². The van der Waals surface area contributed by atoms with Gasteiger partial charge in [-0.25, -0.2) is 13.2 Å². The van der Waals surface area contributed by atoms with E-state index in [1.165, 1.54) is 6.07 Å². The van der Waals surface area contributed by atoms with E-state index in [9.17, 15) is 18.0 Å². The fourth-order valence-electron chi connectivity index (χ4n) is 3.30. The zero-order valence-corrected chi connectivity index (χ0v) is 17.0. The van der Waals surface area contributed by atoms with Crippen LogP contribution in [0.3, 0.4) is 0 Å². The molecule has 0 saturated carbocycles. The zero-order chi connectivity index (χ0) is 21.2. The highest BCUT2D eigenvalue weighted by atomic mass is 32.2. The molecule has 0 aromatic heterocycles. The lowest BCUT2D eigenvalue weighted by Gasteiger charge is -2.17. The van der Waals surface area contributed by atoms with Gasteiger partial charge in [-0.2, -0.15) is 0 Å². The number of aliphatic carboxylic acids is 1. The largest absolute Gasteiger partial charge is 0.481 e. The van der Waals surface area contributed by atoms with Crippen molar-refractivity contribution in [2.24, 2.45) is 0 Å². The zero-order valence-electron chi connectivity index (χ0n) is 16.1. The number of nitrogens with one attached hydrogen (secondary N) is 1. The third-order valence-corrected chi connectivity index (χ3v) is 6.21. The van der Waals surface area contributed by atoms with E-state index in [4.69, 9.17) is 9.84 Å². The number of carbonyl (C=O) groups is 2. The Balaban J connectivity index is 1.83. The van der Waals surface area contributed by atoms with Gasteiger partial charge in [0.1, 0.15) is 5.75 Å². The molecule has 0 radical (unpaired) electrons. The van der Waals surface area contributed by atoms with E-state index in [0.29, 0.717) is 29.8 Å². The lowest BCUT2D eigenvalue weighted by Crippen LogP contribution is -2.23. The van der Waals surface area contributed by atoms with Crippen molar-refractivity contribution in [2.75, 3.05) is 22.8 Å². The highest BCUT2D eigenvalue weighted by Crippen LogP contribution is 2.31. The summed E-state index contributed by atoms with van der Waals surface area (Å²) in [6.45, 7) is 3.38. The van der Waals surface area contributed by atoms with E-state index in [-0.39, 0.29) is 16.6 Å². The number of ether oxygens (including phenoxy) is 1. The number of hydrogen-bond acceptors (Lipinski definition) is 5. The van der Waals surface area contributed by atoms with Crippen LogP contribution in [0.4, 0.5) is 11.4 Å². The Kier molecular flexibility index (Phi) is 5.78. The van der Waals surface area contributed by atoms with Crippen LogP contribution in [-0.2, 0) is 19.6 Å². The van der Waals surface area contributed by atoms with Gasteiger partial charge in [0.2, 0.25) is 5.91 Å². The minimum atomic E-state index is -3.92. The van der Waals surface area contributed by atoms with Gasteiger partial charge in [-0.3, -0.25) is 9.52 Å². The fourth-order valence-corrected chi connectivity index (χ4v) is 4.60. The highest BCUT2D eigenvalue weighted by molar-refractivity contribution is 7.92. The summed E-state index contributed by atoms with van der Waals surface area (Å²) >= 11 is 0. The third kappa shape index (κ3) is 4.51. The predicted molar refractivity (Wildman–Crippen MR) is 108 cm³/mol. The Morgan fingerprint density at radius 1 is 1.17 bits per heavy atom. The number of hydrogen-bond donors (Lipinski definition) is 2. The number of nitrogens with zero attached hydrogens (tertiary/aromatic N) is 1. The van der Waals surface area contributed by atoms with Crippen molar-refractivity contribution in [3.63, 3.8) is 0 Å². The summed E-state index contributed by atoms with van der Waals surface area (Å²) in [5, 5.41) is 8.82. The summed E-state index contributed by atoms with van der Waals surface area (Å²) in [5.74, 6) is -0.854. The summed E-state index contributed by atoms with van der Waals surface area (Å²) in [6, 6.07) is 9.63. The van der Waals surface area contributed by atoms with E-state index in [2.05, 4.69) is 4.72 Å². The van der Waals surface area contributed by atoms with Crippen molar-refractivity contribution < 1.29 is 27.9 Å². The monoisotopic (exact) mass is 418 g/mol. The molecule has 0 spiro atoms. The molecule has 8 nitrogen and oxygen atoms in total. The van der Waals surface area contributed by atoms with Gasteiger partial charge in [0.25, 0.3) is 10.0 Å². The van der Waals surface area contributed by atoms with Crippen molar-refractivity contribution >= 4 is 33.3 Å². The Hall–Kier alpha value is -3.07. The molecule has 0 atom stereocenters. The molecule has 154 valence electrons. The molecule has 1 aliphatic rings. The Bertz CT molecular complexity index is 1050. The number of benzene rings is 2. The van der Waals surface area contributed by atoms with Gasteiger partial charge >= 0.3 is 5.97 Å². The van der Waals surface area contributed by atoms with Crippen molar-refractivity contribution in [3.05, 3.63) is 47.5 Å². The van der Waals surface area contributed by atoms with Gasteiger partial charge in [0, 0.05) is 29.9 Å². The summed E-state index contributed by atoms with van der Waals surface area (Å²) in [5.41, 5.74) is 2.06. The van der Waals surface area contributed by atoms with Crippen LogP contribution < -0.4 is 14.4 Å². The molecule has 3 rings (SSSR count). The van der Waals surface area contributed by atoms with Gasteiger partial charge in [-0.05, 0) is 56.2 Å². The van der Waals surface area contributed by atoms with E-state index in [1.807, 2.05) is 0 Å². The van der Waals surface area contributed by atoms with E-state index < -0.39 is 22.6 Å². The summed E-state index contributed by atoms with van der Waals surface area (Å²) in [6.07, 6.45) is 1.33. The molecule has 1 saturated heterocycles. The molecule has 1 heterocycles. The number of aryl methyl sites for hydroxylation is 1. The van der Waals surface area contributed by atoms with Crippen LogP contribution in [0.2, 0.25) is 0 Å². The van der Waals surface area contributed by atoms with Gasteiger partial charge in [0.15, 0.2) is 6.61 Å². The van der Waals surface area contributed by atoms with Crippen molar-refractivity contribution in [1.29, 1.82) is 0 Å². The molecule has 1 amide bonds. The SMILES string of the molecule is Cc1ccc(S(=O)(=O)Nc2ccc(N3CCCC3=O)cc2)c(C)c1OCC(=O)O. The number of sulfonamides is 1. The number of carboxylic acid groups (broad SMARTS) is 1. The van der Waals surface area contributed by atoms with Crippen molar-refractivity contribution in [3.8, 4) is 5.75 Å². The Morgan fingerprint density at radius 3 is 2.45 bits per heavy atom. The molecule has 1 aliphatic heterocycles. The van der Waals surface area contributed by atoms with Crippen LogP contribution in [0.15, 0.2) is 41.3 Å². The second-order valence-electron chi connectivity index (χ2n) is 6.82. The lowest BCUT2D eigenvalue weighted by molar-refractivity contribution is -0.139. The van der Waals surface area contributed by atoms with Crippen LogP contribution in [0, 0.1) is 13.8 Å². The first-order valence-electron chi connectivity index (χ1n) is 9.07. The number of rotatable bonds is 7. The summed E-state index contributed by atoms with van der Waals surface area (Å²) in [4.78, 5) is 24.3. The van der Waals surface area contributed by atoms with Gasteiger partial charge < -0.3 is 14.7 Å². The summed E-state index contributed by atoms with van der Waals surface area (Å²) < 4.78 is 33.5.